The molecule has 0 N–H and O–H groups in total. The number of fused-ring (bicyclic) bond motifs is 2. The second-order valence-electron chi connectivity index (χ2n) is 6.45. The molecule has 1 heteroatoms. The minimum atomic E-state index is 1.16. The van der Waals surface area contributed by atoms with Gasteiger partial charge < -0.3 is 0 Å². The molecule has 4 rings (SSSR count). The molecule has 0 radical (unpaired) electrons. The van der Waals surface area contributed by atoms with Gasteiger partial charge in [-0.15, -0.1) is 12.6 Å². The molecular formula is C20H22S. The fourth-order valence-corrected chi connectivity index (χ4v) is 4.46. The van der Waals surface area contributed by atoms with Crippen LogP contribution in [0.5, 0.6) is 0 Å². The highest BCUT2D eigenvalue weighted by atomic mass is 32.1. The molecule has 0 amide bonds. The smallest absolute Gasteiger partial charge is 0.0122 e. The topological polar surface area (TPSA) is 0 Å². The zero-order chi connectivity index (χ0) is 14.2. The predicted molar refractivity (Wildman–Crippen MR) is 92.4 cm³/mol. The van der Waals surface area contributed by atoms with Crippen molar-refractivity contribution in [1.82, 2.24) is 0 Å². The van der Waals surface area contributed by atoms with Crippen LogP contribution in [-0.2, 0) is 25.7 Å². The molecule has 2 aromatic rings. The molecule has 0 spiro atoms. The average Bonchev–Trinajstić information content (AvgIpc) is 2.54. The van der Waals surface area contributed by atoms with E-state index in [4.69, 9.17) is 12.6 Å². The zero-order valence-electron chi connectivity index (χ0n) is 12.5. The van der Waals surface area contributed by atoms with Crippen molar-refractivity contribution in [2.45, 2.75) is 56.3 Å². The van der Waals surface area contributed by atoms with Crippen molar-refractivity contribution in [2.24, 2.45) is 0 Å². The zero-order valence-corrected chi connectivity index (χ0v) is 13.4. The maximum atomic E-state index is 4.81. The maximum Gasteiger partial charge on any atom is 0.0122 e. The van der Waals surface area contributed by atoms with Crippen LogP contribution < -0.4 is 0 Å². The van der Waals surface area contributed by atoms with Crippen molar-refractivity contribution in [1.29, 1.82) is 0 Å². The molecule has 0 fully saturated rings. The van der Waals surface area contributed by atoms with Crippen molar-refractivity contribution < 1.29 is 0 Å². The third-order valence-electron chi connectivity index (χ3n) is 5.18. The fraction of sp³-hybridized carbons (Fsp3) is 0.400. The molecule has 108 valence electrons. The molecule has 0 unspecified atom stereocenters. The van der Waals surface area contributed by atoms with E-state index in [2.05, 4.69) is 30.3 Å². The van der Waals surface area contributed by atoms with Crippen molar-refractivity contribution in [2.75, 3.05) is 0 Å². The van der Waals surface area contributed by atoms with E-state index in [1.54, 1.807) is 22.3 Å². The van der Waals surface area contributed by atoms with Gasteiger partial charge in [-0.25, -0.2) is 0 Å². The molecule has 0 aliphatic heterocycles. The van der Waals surface area contributed by atoms with E-state index in [1.807, 2.05) is 0 Å². The highest BCUT2D eigenvalue weighted by Gasteiger charge is 2.20. The molecule has 0 atom stereocenters. The molecule has 2 aliphatic rings. The summed E-state index contributed by atoms with van der Waals surface area (Å²) in [6, 6.07) is 11.4. The molecule has 2 aliphatic carbocycles. The highest BCUT2D eigenvalue weighted by molar-refractivity contribution is 7.80. The molecule has 0 heterocycles. The van der Waals surface area contributed by atoms with Crippen LogP contribution in [0, 0.1) is 0 Å². The van der Waals surface area contributed by atoms with Gasteiger partial charge >= 0.3 is 0 Å². The molecule has 0 saturated heterocycles. The largest absolute Gasteiger partial charge is 0.143 e. The second kappa shape index (κ2) is 5.53. The molecular weight excluding hydrogens is 272 g/mol. The van der Waals surface area contributed by atoms with E-state index in [-0.39, 0.29) is 0 Å². The normalized spacial score (nSPS) is 17.2. The van der Waals surface area contributed by atoms with Crippen LogP contribution >= 0.6 is 12.6 Å². The Balaban J connectivity index is 1.95. The van der Waals surface area contributed by atoms with Crippen molar-refractivity contribution in [3.63, 3.8) is 0 Å². The summed E-state index contributed by atoms with van der Waals surface area (Å²) in [7, 11) is 0. The number of hydrogen-bond acceptors (Lipinski definition) is 1. The minimum absolute atomic E-state index is 1.16. The number of rotatable bonds is 1. The lowest BCUT2D eigenvalue weighted by molar-refractivity contribution is 0.680. The summed E-state index contributed by atoms with van der Waals surface area (Å²) in [5.41, 5.74) is 9.21. The summed E-state index contributed by atoms with van der Waals surface area (Å²) in [5.74, 6) is 0. The summed E-state index contributed by atoms with van der Waals surface area (Å²) in [4.78, 5) is 1.16. The summed E-state index contributed by atoms with van der Waals surface area (Å²) >= 11 is 4.81. The van der Waals surface area contributed by atoms with Crippen molar-refractivity contribution in [3.8, 4) is 11.1 Å². The molecule has 0 nitrogen and oxygen atoms in total. The van der Waals surface area contributed by atoms with E-state index >= 15 is 0 Å². The van der Waals surface area contributed by atoms with Crippen LogP contribution in [0.25, 0.3) is 11.1 Å². The Morgan fingerprint density at radius 2 is 1.33 bits per heavy atom. The Hall–Kier alpha value is -1.21. The van der Waals surface area contributed by atoms with Crippen LogP contribution in [0.4, 0.5) is 0 Å². The minimum Gasteiger partial charge on any atom is -0.143 e. The van der Waals surface area contributed by atoms with E-state index in [1.165, 1.54) is 62.5 Å². The van der Waals surface area contributed by atoms with E-state index in [0.717, 1.165) is 4.90 Å². The lowest BCUT2D eigenvalue weighted by Gasteiger charge is -2.25. The number of benzene rings is 2. The van der Waals surface area contributed by atoms with Crippen LogP contribution in [-0.4, -0.2) is 0 Å². The van der Waals surface area contributed by atoms with E-state index in [0.29, 0.717) is 0 Å². The van der Waals surface area contributed by atoms with Crippen LogP contribution in [0.1, 0.15) is 47.9 Å². The number of thiol groups is 1. The molecule has 21 heavy (non-hydrogen) atoms. The lowest BCUT2D eigenvalue weighted by atomic mass is 9.81. The van der Waals surface area contributed by atoms with Gasteiger partial charge in [-0.3, -0.25) is 0 Å². The van der Waals surface area contributed by atoms with Crippen LogP contribution in [0.15, 0.2) is 35.2 Å². The summed E-state index contributed by atoms with van der Waals surface area (Å²) in [6.45, 7) is 0. The molecule has 2 aromatic carbocycles. The van der Waals surface area contributed by atoms with Gasteiger partial charge in [0.25, 0.3) is 0 Å². The van der Waals surface area contributed by atoms with Gasteiger partial charge in [0.2, 0.25) is 0 Å². The van der Waals surface area contributed by atoms with Gasteiger partial charge in [0.15, 0.2) is 0 Å². The third-order valence-corrected chi connectivity index (χ3v) is 5.55. The van der Waals surface area contributed by atoms with Crippen molar-refractivity contribution >= 4 is 12.6 Å². The number of hydrogen-bond donors (Lipinski definition) is 1. The van der Waals surface area contributed by atoms with E-state index in [9.17, 15) is 0 Å². The monoisotopic (exact) mass is 294 g/mol. The summed E-state index contributed by atoms with van der Waals surface area (Å²) in [5, 5.41) is 0. The predicted octanol–water partition coefficient (Wildman–Crippen LogP) is 5.40. The summed E-state index contributed by atoms with van der Waals surface area (Å²) in [6.07, 6.45) is 10.3. The average molecular weight is 294 g/mol. The molecule has 0 bridgehead atoms. The quantitative estimate of drug-likeness (QED) is 0.669. The number of aryl methyl sites for hydroxylation is 2. The first-order valence-electron chi connectivity index (χ1n) is 8.29. The molecule has 0 saturated carbocycles. The maximum absolute atomic E-state index is 4.81. The Morgan fingerprint density at radius 3 is 2.14 bits per heavy atom. The first-order chi connectivity index (χ1) is 10.3. The second-order valence-corrected chi connectivity index (χ2v) is 6.94. The Bertz CT molecular complexity index is 684. The first-order valence-corrected chi connectivity index (χ1v) is 8.74. The van der Waals surface area contributed by atoms with Gasteiger partial charge in [-0.1, -0.05) is 24.3 Å². The van der Waals surface area contributed by atoms with E-state index < -0.39 is 0 Å². The van der Waals surface area contributed by atoms with Gasteiger partial charge in [0.05, 0.1) is 0 Å². The Kier molecular flexibility index (Phi) is 3.54. The first kappa shape index (κ1) is 13.5. The fourth-order valence-electron chi connectivity index (χ4n) is 4.13. The van der Waals surface area contributed by atoms with Gasteiger partial charge in [0, 0.05) is 4.90 Å². The van der Waals surface area contributed by atoms with Crippen LogP contribution in [0.2, 0.25) is 0 Å². The third kappa shape index (κ3) is 2.32. The van der Waals surface area contributed by atoms with Gasteiger partial charge in [-0.05, 0) is 90.8 Å². The standard InChI is InChI=1S/C20H22S/c21-19-13-12-15-7-2-4-10-17(15)20(19)18-11-5-8-14-6-1-3-9-16(14)18/h5,8,11-13,21H,1-4,6-7,9-10H2. The SMILES string of the molecule is Sc1ccc2c(c1-c1cccc3c1CCCC3)CCCC2. The molecule has 0 aromatic heterocycles. The van der Waals surface area contributed by atoms with Crippen LogP contribution in [0.3, 0.4) is 0 Å². The van der Waals surface area contributed by atoms with Crippen molar-refractivity contribution in [3.05, 3.63) is 52.6 Å². The van der Waals surface area contributed by atoms with Gasteiger partial charge in [0.1, 0.15) is 0 Å². The lowest BCUT2D eigenvalue weighted by Crippen LogP contribution is -2.08. The summed E-state index contributed by atoms with van der Waals surface area (Å²) < 4.78 is 0. The highest BCUT2D eigenvalue weighted by Crippen LogP contribution is 2.40. The Labute approximate surface area is 133 Å². The Morgan fingerprint density at radius 1 is 0.667 bits per heavy atom. The van der Waals surface area contributed by atoms with Gasteiger partial charge in [-0.2, -0.15) is 0 Å².